The summed E-state index contributed by atoms with van der Waals surface area (Å²) in [7, 11) is 0. The molecule has 2 nitrogen and oxygen atoms in total. The lowest BCUT2D eigenvalue weighted by atomic mass is 10.1. The van der Waals surface area contributed by atoms with Gasteiger partial charge in [0.05, 0.1) is 12.2 Å². The Balaban J connectivity index is 1.83. The number of hydrogen-bond acceptors (Lipinski definition) is 2. The van der Waals surface area contributed by atoms with Crippen LogP contribution in [0.1, 0.15) is 38.7 Å². The molecule has 0 spiro atoms. The van der Waals surface area contributed by atoms with E-state index in [1.54, 1.807) is 0 Å². The van der Waals surface area contributed by atoms with E-state index in [0.717, 1.165) is 0 Å². The summed E-state index contributed by atoms with van der Waals surface area (Å²) in [6, 6.07) is 10.8. The molecular weight excluding hydrogens is 210 g/mol. The first-order valence-corrected chi connectivity index (χ1v) is 6.42. The summed E-state index contributed by atoms with van der Waals surface area (Å²) in [5.74, 6) is 1.24. The van der Waals surface area contributed by atoms with Crippen molar-refractivity contribution in [3.63, 3.8) is 0 Å². The summed E-state index contributed by atoms with van der Waals surface area (Å²) in [6.45, 7) is 6.88. The van der Waals surface area contributed by atoms with Crippen LogP contribution in [-0.4, -0.2) is 18.2 Å². The van der Waals surface area contributed by atoms with E-state index < -0.39 is 0 Å². The summed E-state index contributed by atoms with van der Waals surface area (Å²) >= 11 is 0. The first kappa shape index (κ1) is 12.6. The van der Waals surface area contributed by atoms with Crippen LogP contribution >= 0.6 is 0 Å². The highest BCUT2D eigenvalue weighted by Crippen LogP contribution is 2.49. The Morgan fingerprint density at radius 1 is 1.29 bits per heavy atom. The number of ether oxygens (including phenoxy) is 1. The predicted molar refractivity (Wildman–Crippen MR) is 71.0 cm³/mol. The van der Waals surface area contributed by atoms with Crippen LogP contribution in [0.4, 0.5) is 0 Å². The Bertz CT molecular complexity index is 355. The number of hydrogen-bond donors (Lipinski definition) is 1. The van der Waals surface area contributed by atoms with Gasteiger partial charge in [-0.2, -0.15) is 0 Å². The molecule has 1 aliphatic rings. The van der Waals surface area contributed by atoms with Gasteiger partial charge in [0.15, 0.2) is 0 Å². The first-order chi connectivity index (χ1) is 7.97. The Morgan fingerprint density at radius 3 is 2.53 bits per heavy atom. The number of benzene rings is 1. The SMILES string of the molecule is CC(C)(C)OCC(N)C1CC1c1ccccc1. The van der Waals surface area contributed by atoms with Crippen LogP contribution in [0.5, 0.6) is 0 Å². The molecule has 1 fully saturated rings. The zero-order valence-corrected chi connectivity index (χ0v) is 11.0. The van der Waals surface area contributed by atoms with E-state index in [2.05, 4.69) is 51.1 Å². The van der Waals surface area contributed by atoms with Crippen molar-refractivity contribution >= 4 is 0 Å². The second-order valence-corrected chi connectivity index (χ2v) is 6.00. The first-order valence-electron chi connectivity index (χ1n) is 6.42. The van der Waals surface area contributed by atoms with Crippen LogP contribution in [0.25, 0.3) is 0 Å². The van der Waals surface area contributed by atoms with Crippen molar-refractivity contribution < 1.29 is 4.74 Å². The van der Waals surface area contributed by atoms with Crippen molar-refractivity contribution in [2.75, 3.05) is 6.61 Å². The van der Waals surface area contributed by atoms with Crippen LogP contribution < -0.4 is 5.73 Å². The fraction of sp³-hybridized carbons (Fsp3) is 0.600. The lowest BCUT2D eigenvalue weighted by Gasteiger charge is -2.22. The summed E-state index contributed by atoms with van der Waals surface area (Å²) in [4.78, 5) is 0. The molecule has 0 bridgehead atoms. The van der Waals surface area contributed by atoms with Gasteiger partial charge in [-0.05, 0) is 44.6 Å². The van der Waals surface area contributed by atoms with Gasteiger partial charge in [0.1, 0.15) is 0 Å². The average Bonchev–Trinajstić information content (AvgIpc) is 3.06. The van der Waals surface area contributed by atoms with E-state index in [4.69, 9.17) is 10.5 Å². The van der Waals surface area contributed by atoms with Crippen LogP contribution in [0.2, 0.25) is 0 Å². The second kappa shape index (κ2) is 4.79. The molecule has 2 rings (SSSR count). The molecule has 1 aromatic carbocycles. The van der Waals surface area contributed by atoms with E-state index in [1.165, 1.54) is 12.0 Å². The van der Waals surface area contributed by atoms with Gasteiger partial charge >= 0.3 is 0 Å². The van der Waals surface area contributed by atoms with Gasteiger partial charge in [0.2, 0.25) is 0 Å². The van der Waals surface area contributed by atoms with Gasteiger partial charge in [-0.15, -0.1) is 0 Å². The second-order valence-electron chi connectivity index (χ2n) is 6.00. The molecule has 0 heterocycles. The van der Waals surface area contributed by atoms with Crippen molar-refractivity contribution in [2.24, 2.45) is 11.7 Å². The molecular formula is C15H23NO. The van der Waals surface area contributed by atoms with Crippen molar-refractivity contribution in [3.8, 4) is 0 Å². The fourth-order valence-electron chi connectivity index (χ4n) is 2.24. The van der Waals surface area contributed by atoms with E-state index in [0.29, 0.717) is 18.4 Å². The molecule has 0 aromatic heterocycles. The Morgan fingerprint density at radius 2 is 1.94 bits per heavy atom. The third kappa shape index (κ3) is 3.55. The van der Waals surface area contributed by atoms with Crippen molar-refractivity contribution in [2.45, 2.75) is 44.8 Å². The summed E-state index contributed by atoms with van der Waals surface area (Å²) in [5.41, 5.74) is 7.52. The minimum Gasteiger partial charge on any atom is -0.374 e. The van der Waals surface area contributed by atoms with Gasteiger partial charge in [0, 0.05) is 6.04 Å². The zero-order chi connectivity index (χ0) is 12.5. The van der Waals surface area contributed by atoms with E-state index in [9.17, 15) is 0 Å². The van der Waals surface area contributed by atoms with Crippen LogP contribution in [-0.2, 0) is 4.74 Å². The molecule has 0 aliphatic heterocycles. The highest BCUT2D eigenvalue weighted by molar-refractivity contribution is 5.26. The van der Waals surface area contributed by atoms with Crippen LogP contribution in [0.3, 0.4) is 0 Å². The third-order valence-corrected chi connectivity index (χ3v) is 3.33. The van der Waals surface area contributed by atoms with Crippen molar-refractivity contribution in [3.05, 3.63) is 35.9 Å². The van der Waals surface area contributed by atoms with Gasteiger partial charge in [-0.25, -0.2) is 0 Å². The average molecular weight is 233 g/mol. The molecule has 0 amide bonds. The van der Waals surface area contributed by atoms with Crippen molar-refractivity contribution in [1.29, 1.82) is 0 Å². The van der Waals surface area contributed by atoms with E-state index >= 15 is 0 Å². The minimum absolute atomic E-state index is 0.0885. The molecule has 3 atom stereocenters. The molecule has 3 unspecified atom stereocenters. The lowest BCUT2D eigenvalue weighted by Crippen LogP contribution is -2.33. The van der Waals surface area contributed by atoms with Gasteiger partial charge in [-0.1, -0.05) is 30.3 Å². The standard InChI is InChI=1S/C15H23NO/c1-15(2,3)17-10-14(16)13-9-12(13)11-7-5-4-6-8-11/h4-8,12-14H,9-10,16H2,1-3H3. The Labute approximate surface area is 104 Å². The number of rotatable bonds is 4. The highest BCUT2D eigenvalue weighted by Gasteiger charge is 2.42. The quantitative estimate of drug-likeness (QED) is 0.868. The van der Waals surface area contributed by atoms with Gasteiger partial charge < -0.3 is 10.5 Å². The molecule has 1 aromatic rings. The Kier molecular flexibility index (Phi) is 3.55. The van der Waals surface area contributed by atoms with Gasteiger partial charge in [0.25, 0.3) is 0 Å². The van der Waals surface area contributed by atoms with E-state index in [-0.39, 0.29) is 11.6 Å². The monoisotopic (exact) mass is 233 g/mol. The van der Waals surface area contributed by atoms with Crippen LogP contribution in [0, 0.1) is 5.92 Å². The largest absolute Gasteiger partial charge is 0.374 e. The normalized spacial score (nSPS) is 25.6. The molecule has 1 saturated carbocycles. The maximum absolute atomic E-state index is 6.19. The smallest absolute Gasteiger partial charge is 0.0627 e. The fourth-order valence-corrected chi connectivity index (χ4v) is 2.24. The maximum Gasteiger partial charge on any atom is 0.0627 e. The highest BCUT2D eigenvalue weighted by atomic mass is 16.5. The summed E-state index contributed by atoms with van der Waals surface area (Å²) < 4.78 is 5.75. The zero-order valence-electron chi connectivity index (χ0n) is 11.0. The van der Waals surface area contributed by atoms with E-state index in [1.807, 2.05) is 0 Å². The third-order valence-electron chi connectivity index (χ3n) is 3.33. The summed E-state index contributed by atoms with van der Waals surface area (Å²) in [5, 5.41) is 0. The van der Waals surface area contributed by atoms with Gasteiger partial charge in [-0.3, -0.25) is 0 Å². The molecule has 2 heteroatoms. The Hall–Kier alpha value is -0.860. The predicted octanol–water partition coefficient (Wildman–Crippen LogP) is 2.93. The topological polar surface area (TPSA) is 35.2 Å². The molecule has 94 valence electrons. The minimum atomic E-state index is -0.0885. The van der Waals surface area contributed by atoms with Crippen molar-refractivity contribution in [1.82, 2.24) is 0 Å². The lowest BCUT2D eigenvalue weighted by molar-refractivity contribution is -0.0124. The number of nitrogens with two attached hydrogens (primary N) is 1. The molecule has 0 saturated heterocycles. The maximum atomic E-state index is 6.19. The molecule has 2 N–H and O–H groups in total. The molecule has 17 heavy (non-hydrogen) atoms. The molecule has 1 aliphatic carbocycles. The molecule has 0 radical (unpaired) electrons. The summed E-state index contributed by atoms with van der Waals surface area (Å²) in [6.07, 6.45) is 1.21. The van der Waals surface area contributed by atoms with Crippen LogP contribution in [0.15, 0.2) is 30.3 Å².